The molecule has 2 N–H and O–H groups in total. The Kier molecular flexibility index (Phi) is 5.08. The van der Waals surface area contributed by atoms with E-state index in [4.69, 9.17) is 16.3 Å². The van der Waals surface area contributed by atoms with Gasteiger partial charge < -0.3 is 15.2 Å². The fourth-order valence-corrected chi connectivity index (χ4v) is 2.52. The van der Waals surface area contributed by atoms with Crippen LogP contribution < -0.4 is 10.1 Å². The minimum absolute atomic E-state index is 0.199. The summed E-state index contributed by atoms with van der Waals surface area (Å²) in [5.41, 5.74) is 1.10. The number of hydrogen-bond donors (Lipinski definition) is 2. The zero-order valence-corrected chi connectivity index (χ0v) is 12.3. The van der Waals surface area contributed by atoms with Crippen LogP contribution in [0.25, 0.3) is 0 Å². The van der Waals surface area contributed by atoms with Gasteiger partial charge in [0.15, 0.2) is 0 Å². The van der Waals surface area contributed by atoms with Crippen LogP contribution in [0, 0.1) is 5.92 Å². The minimum atomic E-state index is -0.327. The topological polar surface area (TPSA) is 41.5 Å². The molecule has 1 heterocycles. The van der Waals surface area contributed by atoms with Crippen molar-refractivity contribution in [3.63, 3.8) is 0 Å². The highest BCUT2D eigenvalue weighted by atomic mass is 35.5. The van der Waals surface area contributed by atoms with Crippen LogP contribution in [-0.2, 0) is 0 Å². The Labute approximate surface area is 119 Å². The first-order chi connectivity index (χ1) is 9.09. The third-order valence-electron chi connectivity index (χ3n) is 3.60. The Morgan fingerprint density at radius 3 is 3.00 bits per heavy atom. The summed E-state index contributed by atoms with van der Waals surface area (Å²) in [6.45, 7) is 5.33. The monoisotopic (exact) mass is 283 g/mol. The van der Waals surface area contributed by atoms with Gasteiger partial charge in [0, 0.05) is 18.2 Å². The second-order valence-corrected chi connectivity index (χ2v) is 5.83. The number of aliphatic hydroxyl groups is 1. The molecule has 4 heteroatoms. The normalized spacial score (nSPS) is 20.6. The first-order valence-corrected chi connectivity index (χ1v) is 7.30. The van der Waals surface area contributed by atoms with Crippen molar-refractivity contribution in [2.45, 2.75) is 38.8 Å². The molecule has 106 valence electrons. The van der Waals surface area contributed by atoms with Crippen molar-refractivity contribution in [2.24, 2.45) is 5.92 Å². The molecular formula is C15H22ClNO2. The molecule has 1 aliphatic rings. The summed E-state index contributed by atoms with van der Waals surface area (Å²) in [4.78, 5) is 0. The van der Waals surface area contributed by atoms with Crippen molar-refractivity contribution in [3.05, 3.63) is 28.8 Å². The lowest BCUT2D eigenvalue weighted by atomic mass is 10.0. The molecule has 0 aliphatic carbocycles. The second-order valence-electron chi connectivity index (χ2n) is 5.42. The van der Waals surface area contributed by atoms with E-state index in [9.17, 15) is 5.11 Å². The Morgan fingerprint density at radius 2 is 2.26 bits per heavy atom. The Balaban J connectivity index is 2.11. The molecule has 2 unspecified atom stereocenters. The molecule has 0 saturated heterocycles. The minimum Gasteiger partial charge on any atom is -0.492 e. The highest BCUT2D eigenvalue weighted by Gasteiger charge is 2.22. The van der Waals surface area contributed by atoms with Gasteiger partial charge in [-0.2, -0.15) is 0 Å². The van der Waals surface area contributed by atoms with Crippen LogP contribution in [0.2, 0.25) is 5.02 Å². The number of aliphatic hydroxyl groups excluding tert-OH is 1. The molecule has 0 aromatic heterocycles. The van der Waals surface area contributed by atoms with Crippen LogP contribution in [0.4, 0.5) is 0 Å². The summed E-state index contributed by atoms with van der Waals surface area (Å²) in [5, 5.41) is 14.0. The maximum atomic E-state index is 9.91. The summed E-state index contributed by atoms with van der Waals surface area (Å²) in [6, 6.07) is 6.05. The fraction of sp³-hybridized carbons (Fsp3) is 0.600. The van der Waals surface area contributed by atoms with Gasteiger partial charge in [-0.1, -0.05) is 37.6 Å². The largest absolute Gasteiger partial charge is 0.492 e. The van der Waals surface area contributed by atoms with E-state index >= 15 is 0 Å². The number of benzene rings is 1. The number of ether oxygens (including phenoxy) is 1. The van der Waals surface area contributed by atoms with Crippen LogP contribution >= 0.6 is 11.6 Å². The summed E-state index contributed by atoms with van der Waals surface area (Å²) >= 11 is 6.19. The smallest absolute Gasteiger partial charge is 0.142 e. The highest BCUT2D eigenvalue weighted by molar-refractivity contribution is 6.32. The zero-order chi connectivity index (χ0) is 13.8. The molecule has 0 fully saturated rings. The van der Waals surface area contributed by atoms with Gasteiger partial charge in [0.05, 0.1) is 17.7 Å². The van der Waals surface area contributed by atoms with E-state index in [0.29, 0.717) is 18.2 Å². The molecule has 0 spiro atoms. The highest BCUT2D eigenvalue weighted by Crippen LogP contribution is 2.36. The van der Waals surface area contributed by atoms with Gasteiger partial charge in [0.25, 0.3) is 0 Å². The number of hydrogen-bond acceptors (Lipinski definition) is 3. The standard InChI is InChI=1S/C15H22ClNO2/c1-10(2)14(18)9-17-13-7-4-8-19-15-11(13)5-3-6-12(15)16/h3,5-6,10,13-14,17-18H,4,7-9H2,1-2H3. The number of halogens is 1. The maximum Gasteiger partial charge on any atom is 0.142 e. The predicted molar refractivity (Wildman–Crippen MR) is 77.8 cm³/mol. The molecule has 1 aliphatic heterocycles. The van der Waals surface area contributed by atoms with Crippen LogP contribution in [0.3, 0.4) is 0 Å². The maximum absolute atomic E-state index is 9.91. The van der Waals surface area contributed by atoms with E-state index in [0.717, 1.165) is 24.2 Å². The van der Waals surface area contributed by atoms with Crippen molar-refractivity contribution < 1.29 is 9.84 Å². The number of rotatable bonds is 4. The van der Waals surface area contributed by atoms with Crippen LogP contribution in [0.5, 0.6) is 5.75 Å². The molecule has 0 amide bonds. The molecule has 2 atom stereocenters. The quantitative estimate of drug-likeness (QED) is 0.892. The van der Waals surface area contributed by atoms with Crippen LogP contribution in [0.15, 0.2) is 18.2 Å². The molecule has 0 saturated carbocycles. The van der Waals surface area contributed by atoms with Gasteiger partial charge in [-0.25, -0.2) is 0 Å². The van der Waals surface area contributed by atoms with Gasteiger partial charge in [0.2, 0.25) is 0 Å². The lowest BCUT2D eigenvalue weighted by Gasteiger charge is -2.22. The van der Waals surface area contributed by atoms with Gasteiger partial charge >= 0.3 is 0 Å². The van der Waals surface area contributed by atoms with E-state index < -0.39 is 0 Å². The molecule has 19 heavy (non-hydrogen) atoms. The number of fused-ring (bicyclic) bond motifs is 1. The SMILES string of the molecule is CC(C)C(O)CNC1CCCOc2c(Cl)cccc21. The summed E-state index contributed by atoms with van der Waals surface area (Å²) in [7, 11) is 0. The van der Waals surface area contributed by atoms with E-state index in [-0.39, 0.29) is 18.1 Å². The Morgan fingerprint density at radius 1 is 1.47 bits per heavy atom. The number of para-hydroxylation sites is 1. The third kappa shape index (κ3) is 3.62. The lowest BCUT2D eigenvalue weighted by Crippen LogP contribution is -2.33. The van der Waals surface area contributed by atoms with Gasteiger partial charge in [-0.3, -0.25) is 0 Å². The van der Waals surface area contributed by atoms with Crippen molar-refractivity contribution in [2.75, 3.05) is 13.2 Å². The predicted octanol–water partition coefficient (Wildman–Crippen LogP) is 3.16. The second kappa shape index (κ2) is 6.60. The Bertz CT molecular complexity index is 423. The molecule has 0 radical (unpaired) electrons. The molecular weight excluding hydrogens is 262 g/mol. The van der Waals surface area contributed by atoms with Crippen molar-refractivity contribution in [1.82, 2.24) is 5.32 Å². The van der Waals surface area contributed by atoms with E-state index in [1.54, 1.807) is 0 Å². The van der Waals surface area contributed by atoms with Crippen LogP contribution in [-0.4, -0.2) is 24.4 Å². The molecule has 1 aromatic rings. The Hall–Kier alpha value is -0.770. The van der Waals surface area contributed by atoms with Crippen molar-refractivity contribution in [3.8, 4) is 5.75 Å². The summed E-state index contributed by atoms with van der Waals surface area (Å²) < 4.78 is 5.73. The summed E-state index contributed by atoms with van der Waals surface area (Å²) in [6.07, 6.45) is 1.66. The van der Waals surface area contributed by atoms with E-state index in [1.165, 1.54) is 0 Å². The average molecular weight is 284 g/mol. The molecule has 2 rings (SSSR count). The van der Waals surface area contributed by atoms with Gasteiger partial charge in [-0.05, 0) is 24.8 Å². The third-order valence-corrected chi connectivity index (χ3v) is 3.90. The molecule has 1 aromatic carbocycles. The lowest BCUT2D eigenvalue weighted by molar-refractivity contribution is 0.119. The molecule has 0 bridgehead atoms. The van der Waals surface area contributed by atoms with E-state index in [1.807, 2.05) is 32.0 Å². The fourth-order valence-electron chi connectivity index (χ4n) is 2.28. The number of nitrogens with one attached hydrogen (secondary N) is 1. The zero-order valence-electron chi connectivity index (χ0n) is 11.5. The van der Waals surface area contributed by atoms with Crippen molar-refractivity contribution >= 4 is 11.6 Å². The van der Waals surface area contributed by atoms with Crippen molar-refractivity contribution in [1.29, 1.82) is 0 Å². The van der Waals surface area contributed by atoms with E-state index in [2.05, 4.69) is 5.32 Å². The summed E-state index contributed by atoms with van der Waals surface area (Å²) in [5.74, 6) is 1.05. The van der Waals surface area contributed by atoms with Gasteiger partial charge in [0.1, 0.15) is 5.75 Å². The first-order valence-electron chi connectivity index (χ1n) is 6.92. The molecule has 3 nitrogen and oxygen atoms in total. The average Bonchev–Trinajstić information content (AvgIpc) is 2.59. The first kappa shape index (κ1) is 14.6. The van der Waals surface area contributed by atoms with Gasteiger partial charge in [-0.15, -0.1) is 0 Å². The van der Waals surface area contributed by atoms with Crippen LogP contribution in [0.1, 0.15) is 38.3 Å².